The molecule has 0 atom stereocenters. The number of nitrogen functional groups attached to an aromatic ring is 1. The summed E-state index contributed by atoms with van der Waals surface area (Å²) in [6.45, 7) is 2.75. The molecule has 3 heterocycles. The molecule has 0 saturated carbocycles. The van der Waals surface area contributed by atoms with Crippen LogP contribution in [0.2, 0.25) is 0 Å². The van der Waals surface area contributed by atoms with Crippen LogP contribution in [0.15, 0.2) is 23.8 Å². The minimum Gasteiger partial charge on any atom is -0.369 e. The van der Waals surface area contributed by atoms with Crippen LogP contribution in [0.3, 0.4) is 0 Å². The van der Waals surface area contributed by atoms with Crippen LogP contribution in [0.5, 0.6) is 0 Å². The van der Waals surface area contributed by atoms with Crippen molar-refractivity contribution in [3.05, 3.63) is 34.4 Å². The van der Waals surface area contributed by atoms with Gasteiger partial charge in [0.2, 0.25) is 5.95 Å². The number of aromatic nitrogens is 4. The molecular weight excluding hydrogens is 246 g/mol. The molecule has 2 N–H and O–H groups in total. The van der Waals surface area contributed by atoms with E-state index in [1.54, 1.807) is 11.3 Å². The normalized spacial score (nSPS) is 11.2. The van der Waals surface area contributed by atoms with Gasteiger partial charge < -0.3 is 5.73 Å². The molecule has 0 saturated heterocycles. The Morgan fingerprint density at radius 3 is 3.06 bits per heavy atom. The zero-order valence-corrected chi connectivity index (χ0v) is 10.8. The Morgan fingerprint density at radius 2 is 2.28 bits per heavy atom. The minimum atomic E-state index is 0.514. The third-order valence-corrected chi connectivity index (χ3v) is 3.62. The maximum absolute atomic E-state index is 5.94. The average molecular weight is 259 g/mol. The summed E-state index contributed by atoms with van der Waals surface area (Å²) in [7, 11) is 0. The molecule has 0 radical (unpaired) electrons. The predicted octanol–water partition coefficient (Wildman–Crippen LogP) is 2.02. The van der Waals surface area contributed by atoms with Crippen LogP contribution in [-0.2, 0) is 13.0 Å². The second-order valence-electron chi connectivity index (χ2n) is 4.15. The fourth-order valence-electron chi connectivity index (χ4n) is 1.93. The van der Waals surface area contributed by atoms with Gasteiger partial charge in [-0.25, -0.2) is 15.0 Å². The van der Waals surface area contributed by atoms with Crippen molar-refractivity contribution < 1.29 is 0 Å². The van der Waals surface area contributed by atoms with Crippen LogP contribution in [-0.4, -0.2) is 19.5 Å². The van der Waals surface area contributed by atoms with E-state index in [1.165, 1.54) is 0 Å². The van der Waals surface area contributed by atoms with Crippen molar-refractivity contribution in [3.8, 4) is 0 Å². The van der Waals surface area contributed by atoms with Crippen molar-refractivity contribution in [2.24, 2.45) is 0 Å². The van der Waals surface area contributed by atoms with E-state index in [0.29, 0.717) is 5.95 Å². The standard InChI is InChI=1S/C12H13N5S/c1-8-6-9-11(15-7-8)17(12(13)16-9)4-2-10-14-3-5-18-10/h3,5-7H,2,4H2,1H3,(H2,13,16). The highest BCUT2D eigenvalue weighted by atomic mass is 32.1. The van der Waals surface area contributed by atoms with Gasteiger partial charge in [-0.2, -0.15) is 0 Å². The second-order valence-corrected chi connectivity index (χ2v) is 5.13. The maximum Gasteiger partial charge on any atom is 0.202 e. The van der Waals surface area contributed by atoms with Crippen LogP contribution < -0.4 is 5.73 Å². The van der Waals surface area contributed by atoms with Gasteiger partial charge in [0.1, 0.15) is 5.52 Å². The Balaban J connectivity index is 1.93. The number of anilines is 1. The van der Waals surface area contributed by atoms with Gasteiger partial charge in [0.05, 0.1) is 5.01 Å². The molecule has 0 bridgehead atoms. The molecule has 0 aliphatic rings. The van der Waals surface area contributed by atoms with Gasteiger partial charge in [-0.15, -0.1) is 11.3 Å². The molecule has 0 fully saturated rings. The number of rotatable bonds is 3. The Kier molecular flexibility index (Phi) is 2.71. The Labute approximate surface area is 108 Å². The van der Waals surface area contributed by atoms with E-state index in [2.05, 4.69) is 15.0 Å². The summed E-state index contributed by atoms with van der Waals surface area (Å²) in [5.41, 5.74) is 8.72. The molecule has 5 nitrogen and oxygen atoms in total. The van der Waals surface area contributed by atoms with Gasteiger partial charge in [-0.05, 0) is 18.6 Å². The summed E-state index contributed by atoms with van der Waals surface area (Å²) in [6, 6.07) is 2.00. The molecule has 3 aromatic rings. The van der Waals surface area contributed by atoms with Crippen molar-refractivity contribution in [2.75, 3.05) is 5.73 Å². The fraction of sp³-hybridized carbons (Fsp3) is 0.250. The zero-order chi connectivity index (χ0) is 12.5. The smallest absolute Gasteiger partial charge is 0.202 e. The molecule has 0 spiro atoms. The molecule has 0 aliphatic heterocycles. The number of nitrogens with zero attached hydrogens (tertiary/aromatic N) is 4. The van der Waals surface area contributed by atoms with Gasteiger partial charge in [0.15, 0.2) is 5.65 Å². The summed E-state index contributed by atoms with van der Waals surface area (Å²) in [6.07, 6.45) is 4.50. The number of imidazole rings is 1. The third kappa shape index (κ3) is 1.95. The average Bonchev–Trinajstić information content (AvgIpc) is 2.93. The first-order chi connectivity index (χ1) is 8.74. The molecule has 3 rings (SSSR count). The Bertz CT molecular complexity index is 671. The molecule has 0 aromatic carbocycles. The summed E-state index contributed by atoms with van der Waals surface area (Å²) in [4.78, 5) is 13.0. The van der Waals surface area contributed by atoms with E-state index in [1.807, 2.05) is 35.3 Å². The van der Waals surface area contributed by atoms with Gasteiger partial charge in [0, 0.05) is 30.7 Å². The number of pyridine rings is 1. The Hall–Kier alpha value is -1.95. The number of thiazole rings is 1. The molecule has 92 valence electrons. The van der Waals surface area contributed by atoms with Gasteiger partial charge in [0.25, 0.3) is 0 Å². The largest absolute Gasteiger partial charge is 0.369 e. The lowest BCUT2D eigenvalue weighted by Gasteiger charge is -2.03. The van der Waals surface area contributed by atoms with E-state index in [0.717, 1.165) is 34.7 Å². The quantitative estimate of drug-likeness (QED) is 0.781. The molecule has 18 heavy (non-hydrogen) atoms. The first kappa shape index (κ1) is 11.2. The van der Waals surface area contributed by atoms with E-state index >= 15 is 0 Å². The molecular formula is C12H13N5S. The van der Waals surface area contributed by atoms with Crippen LogP contribution >= 0.6 is 11.3 Å². The maximum atomic E-state index is 5.94. The topological polar surface area (TPSA) is 69.6 Å². The summed E-state index contributed by atoms with van der Waals surface area (Å²) < 4.78 is 1.94. The van der Waals surface area contributed by atoms with E-state index < -0.39 is 0 Å². The highest BCUT2D eigenvalue weighted by molar-refractivity contribution is 7.09. The fourth-order valence-corrected chi connectivity index (χ4v) is 2.54. The lowest BCUT2D eigenvalue weighted by molar-refractivity contribution is 0.716. The molecule has 6 heteroatoms. The first-order valence-corrected chi connectivity index (χ1v) is 6.59. The number of hydrogen-bond donors (Lipinski definition) is 1. The summed E-state index contributed by atoms with van der Waals surface area (Å²) >= 11 is 1.65. The summed E-state index contributed by atoms with van der Waals surface area (Å²) in [5, 5.41) is 3.08. The second kappa shape index (κ2) is 4.38. The highest BCUT2D eigenvalue weighted by Crippen LogP contribution is 2.17. The van der Waals surface area contributed by atoms with Crippen LogP contribution in [0, 0.1) is 6.92 Å². The van der Waals surface area contributed by atoms with E-state index in [4.69, 9.17) is 5.73 Å². The van der Waals surface area contributed by atoms with Gasteiger partial charge in [-0.1, -0.05) is 0 Å². The number of fused-ring (bicyclic) bond motifs is 1. The SMILES string of the molecule is Cc1cnc2c(c1)nc(N)n2CCc1nccs1. The molecule has 0 aliphatic carbocycles. The number of nitrogens with two attached hydrogens (primary N) is 1. The van der Waals surface area contributed by atoms with Crippen molar-refractivity contribution in [1.29, 1.82) is 0 Å². The van der Waals surface area contributed by atoms with Crippen molar-refractivity contribution >= 4 is 28.4 Å². The van der Waals surface area contributed by atoms with Crippen molar-refractivity contribution in [1.82, 2.24) is 19.5 Å². The number of hydrogen-bond acceptors (Lipinski definition) is 5. The van der Waals surface area contributed by atoms with Crippen LogP contribution in [0.25, 0.3) is 11.2 Å². The third-order valence-electron chi connectivity index (χ3n) is 2.78. The minimum absolute atomic E-state index is 0.514. The predicted molar refractivity (Wildman–Crippen MR) is 72.5 cm³/mol. The lowest BCUT2D eigenvalue weighted by Crippen LogP contribution is -2.06. The highest BCUT2D eigenvalue weighted by Gasteiger charge is 2.09. The van der Waals surface area contributed by atoms with Gasteiger partial charge >= 0.3 is 0 Å². The van der Waals surface area contributed by atoms with Crippen LogP contribution in [0.1, 0.15) is 10.6 Å². The molecule has 0 unspecified atom stereocenters. The van der Waals surface area contributed by atoms with Gasteiger partial charge in [-0.3, -0.25) is 4.57 Å². The van der Waals surface area contributed by atoms with E-state index in [-0.39, 0.29) is 0 Å². The number of aryl methyl sites for hydroxylation is 3. The molecule has 0 amide bonds. The monoisotopic (exact) mass is 259 g/mol. The van der Waals surface area contributed by atoms with E-state index in [9.17, 15) is 0 Å². The zero-order valence-electron chi connectivity index (χ0n) is 10.00. The Morgan fingerprint density at radius 1 is 1.39 bits per heavy atom. The van der Waals surface area contributed by atoms with Crippen LogP contribution in [0.4, 0.5) is 5.95 Å². The van der Waals surface area contributed by atoms with Crippen molar-refractivity contribution in [2.45, 2.75) is 19.9 Å². The first-order valence-electron chi connectivity index (χ1n) is 5.71. The van der Waals surface area contributed by atoms with Crippen molar-refractivity contribution in [3.63, 3.8) is 0 Å². The molecule has 3 aromatic heterocycles. The summed E-state index contributed by atoms with van der Waals surface area (Å²) in [5.74, 6) is 0.514. The lowest BCUT2D eigenvalue weighted by atomic mass is 10.3.